The fourth-order valence-corrected chi connectivity index (χ4v) is 4.18. The second-order valence-electron chi connectivity index (χ2n) is 6.05. The third kappa shape index (κ3) is 6.14. The molecule has 1 aromatic heterocycles. The molecule has 0 spiro atoms. The second-order valence-corrected chi connectivity index (χ2v) is 9.07. The van der Waals surface area contributed by atoms with Crippen molar-refractivity contribution in [2.45, 2.75) is 11.3 Å². The molecule has 0 aliphatic carbocycles. The first-order valence-corrected chi connectivity index (χ1v) is 11.1. The maximum absolute atomic E-state index is 12.3. The predicted molar refractivity (Wildman–Crippen MR) is 122 cm³/mol. The molecule has 0 unspecified atom stereocenters. The molecule has 31 heavy (non-hydrogen) atoms. The van der Waals surface area contributed by atoms with Crippen molar-refractivity contribution >= 4 is 74.6 Å². The van der Waals surface area contributed by atoms with Gasteiger partial charge in [0.25, 0.3) is 11.6 Å². The van der Waals surface area contributed by atoms with E-state index in [1.54, 1.807) is 25.1 Å². The standard InChI is InChI=1S/C18H13Cl2N5O4S2/c1-9-2-3-10(6-14(9)25(28)29)16(27)22-17-23-24-18(31-17)30-8-15(26)21-11-4-5-12(19)13(20)7-11/h2-7H,8H2,1H3,(H,21,26)(H,22,23,27). The van der Waals surface area contributed by atoms with E-state index in [1.807, 2.05) is 0 Å². The smallest absolute Gasteiger partial charge is 0.273 e. The molecule has 0 saturated carbocycles. The third-order valence-corrected chi connectivity index (χ3v) is 6.54. The van der Waals surface area contributed by atoms with Crippen molar-refractivity contribution in [2.24, 2.45) is 0 Å². The lowest BCUT2D eigenvalue weighted by Gasteiger charge is -2.05. The van der Waals surface area contributed by atoms with Crippen molar-refractivity contribution in [3.63, 3.8) is 0 Å². The fourth-order valence-electron chi connectivity index (χ4n) is 2.33. The number of anilines is 2. The highest BCUT2D eigenvalue weighted by atomic mass is 35.5. The molecule has 13 heteroatoms. The van der Waals surface area contributed by atoms with Gasteiger partial charge in [0, 0.05) is 22.9 Å². The lowest BCUT2D eigenvalue weighted by molar-refractivity contribution is -0.385. The summed E-state index contributed by atoms with van der Waals surface area (Å²) >= 11 is 14.0. The number of carbonyl (C=O) groups excluding carboxylic acids is 2. The van der Waals surface area contributed by atoms with Gasteiger partial charge in [-0.15, -0.1) is 10.2 Å². The zero-order valence-electron chi connectivity index (χ0n) is 15.7. The minimum atomic E-state index is -0.548. The van der Waals surface area contributed by atoms with E-state index in [9.17, 15) is 19.7 Å². The monoisotopic (exact) mass is 497 g/mol. The average molecular weight is 498 g/mol. The number of hydrogen-bond donors (Lipinski definition) is 2. The Morgan fingerprint density at radius 1 is 1.13 bits per heavy atom. The Kier molecular flexibility index (Phi) is 7.44. The minimum Gasteiger partial charge on any atom is -0.325 e. The van der Waals surface area contributed by atoms with Crippen molar-refractivity contribution in [3.05, 3.63) is 67.7 Å². The number of thioether (sulfide) groups is 1. The van der Waals surface area contributed by atoms with Crippen LogP contribution in [0.2, 0.25) is 10.0 Å². The van der Waals surface area contributed by atoms with Crippen molar-refractivity contribution in [1.29, 1.82) is 0 Å². The number of rotatable bonds is 7. The molecule has 0 aliphatic heterocycles. The van der Waals surface area contributed by atoms with Gasteiger partial charge >= 0.3 is 0 Å². The van der Waals surface area contributed by atoms with Crippen molar-refractivity contribution in [1.82, 2.24) is 10.2 Å². The summed E-state index contributed by atoms with van der Waals surface area (Å²) in [4.78, 5) is 34.9. The molecule has 9 nitrogen and oxygen atoms in total. The van der Waals surface area contributed by atoms with Crippen LogP contribution in [0.25, 0.3) is 0 Å². The summed E-state index contributed by atoms with van der Waals surface area (Å²) in [6.07, 6.45) is 0. The number of aryl methyl sites for hydroxylation is 1. The molecule has 0 saturated heterocycles. The number of nitrogens with one attached hydrogen (secondary N) is 2. The van der Waals surface area contributed by atoms with E-state index in [0.717, 1.165) is 23.1 Å². The van der Waals surface area contributed by atoms with Gasteiger partial charge in [-0.25, -0.2) is 0 Å². The summed E-state index contributed by atoms with van der Waals surface area (Å²) in [5.74, 6) is -0.767. The van der Waals surface area contributed by atoms with Crippen LogP contribution in [0.4, 0.5) is 16.5 Å². The lowest BCUT2D eigenvalue weighted by atomic mass is 10.1. The Balaban J connectivity index is 1.56. The van der Waals surface area contributed by atoms with Crippen LogP contribution in [-0.2, 0) is 4.79 Å². The van der Waals surface area contributed by atoms with Gasteiger partial charge < -0.3 is 5.32 Å². The molecule has 2 amide bonds. The van der Waals surface area contributed by atoms with Gasteiger partial charge in [0.1, 0.15) is 0 Å². The van der Waals surface area contributed by atoms with Gasteiger partial charge in [0.2, 0.25) is 11.0 Å². The Morgan fingerprint density at radius 3 is 2.61 bits per heavy atom. The lowest BCUT2D eigenvalue weighted by Crippen LogP contribution is -2.13. The number of halogens is 2. The number of hydrogen-bond acceptors (Lipinski definition) is 8. The van der Waals surface area contributed by atoms with Gasteiger partial charge in [0.05, 0.1) is 20.7 Å². The number of aromatic nitrogens is 2. The molecule has 3 rings (SSSR count). The average Bonchev–Trinajstić information content (AvgIpc) is 3.16. The van der Waals surface area contributed by atoms with Gasteiger partial charge in [-0.05, 0) is 31.2 Å². The predicted octanol–water partition coefficient (Wildman–Crippen LogP) is 5.04. The summed E-state index contributed by atoms with van der Waals surface area (Å²) in [6, 6.07) is 8.94. The molecule has 0 fully saturated rings. The van der Waals surface area contributed by atoms with Gasteiger partial charge in [-0.1, -0.05) is 52.4 Å². The van der Waals surface area contributed by atoms with E-state index in [1.165, 1.54) is 18.2 Å². The maximum atomic E-state index is 12.3. The highest BCUT2D eigenvalue weighted by molar-refractivity contribution is 8.01. The van der Waals surface area contributed by atoms with Crippen LogP contribution < -0.4 is 10.6 Å². The van der Waals surface area contributed by atoms with Gasteiger partial charge in [0.15, 0.2) is 4.34 Å². The molecule has 2 aromatic carbocycles. The van der Waals surface area contributed by atoms with E-state index in [4.69, 9.17) is 23.2 Å². The number of amides is 2. The van der Waals surface area contributed by atoms with Crippen LogP contribution in [0, 0.1) is 17.0 Å². The first-order chi connectivity index (χ1) is 14.7. The molecule has 3 aromatic rings. The van der Waals surface area contributed by atoms with Crippen LogP contribution in [0.5, 0.6) is 0 Å². The molecule has 0 atom stereocenters. The summed E-state index contributed by atoms with van der Waals surface area (Å²) in [7, 11) is 0. The first kappa shape index (κ1) is 22.9. The normalized spacial score (nSPS) is 10.5. The number of nitrogens with zero attached hydrogens (tertiary/aromatic N) is 3. The fraction of sp³-hybridized carbons (Fsp3) is 0.111. The molecule has 160 valence electrons. The van der Waals surface area contributed by atoms with Gasteiger partial charge in [-0.2, -0.15) is 0 Å². The Bertz CT molecular complexity index is 1170. The number of nitro groups is 1. The van der Waals surface area contributed by atoms with E-state index in [0.29, 0.717) is 25.6 Å². The van der Waals surface area contributed by atoms with E-state index >= 15 is 0 Å². The molecule has 2 N–H and O–H groups in total. The molecular weight excluding hydrogens is 485 g/mol. The maximum Gasteiger partial charge on any atom is 0.273 e. The Morgan fingerprint density at radius 2 is 1.90 bits per heavy atom. The Labute approximate surface area is 194 Å². The van der Waals surface area contributed by atoms with Crippen molar-refractivity contribution in [3.8, 4) is 0 Å². The number of benzene rings is 2. The zero-order chi connectivity index (χ0) is 22.5. The zero-order valence-corrected chi connectivity index (χ0v) is 18.9. The van der Waals surface area contributed by atoms with E-state index < -0.39 is 10.8 Å². The van der Waals surface area contributed by atoms with Crippen LogP contribution in [0.15, 0.2) is 40.7 Å². The Hall–Kier alpha value is -2.73. The number of nitro benzene ring substituents is 1. The van der Waals surface area contributed by atoms with E-state index in [-0.39, 0.29) is 28.0 Å². The largest absolute Gasteiger partial charge is 0.325 e. The topological polar surface area (TPSA) is 127 Å². The molecule has 0 radical (unpaired) electrons. The van der Waals surface area contributed by atoms with Crippen LogP contribution >= 0.6 is 46.3 Å². The van der Waals surface area contributed by atoms with Crippen LogP contribution in [0.1, 0.15) is 15.9 Å². The quantitative estimate of drug-likeness (QED) is 0.202. The summed E-state index contributed by atoms with van der Waals surface area (Å²) in [5, 5.41) is 25.0. The molecule has 0 aliphatic rings. The van der Waals surface area contributed by atoms with Crippen LogP contribution in [-0.4, -0.2) is 32.7 Å². The van der Waals surface area contributed by atoms with Gasteiger partial charge in [-0.3, -0.25) is 25.0 Å². The SMILES string of the molecule is Cc1ccc(C(=O)Nc2nnc(SCC(=O)Nc3ccc(Cl)c(Cl)c3)s2)cc1[N+](=O)[O-]. The van der Waals surface area contributed by atoms with E-state index in [2.05, 4.69) is 20.8 Å². The van der Waals surface area contributed by atoms with Crippen LogP contribution in [0.3, 0.4) is 0 Å². The van der Waals surface area contributed by atoms with Crippen molar-refractivity contribution in [2.75, 3.05) is 16.4 Å². The summed E-state index contributed by atoms with van der Waals surface area (Å²) in [6.45, 7) is 1.59. The summed E-state index contributed by atoms with van der Waals surface area (Å²) in [5.41, 5.74) is 0.949. The molecule has 1 heterocycles. The van der Waals surface area contributed by atoms with Crippen molar-refractivity contribution < 1.29 is 14.5 Å². The molecular formula is C18H13Cl2N5O4S2. The third-order valence-electron chi connectivity index (χ3n) is 3.83. The summed E-state index contributed by atoms with van der Waals surface area (Å²) < 4.78 is 0.467. The second kappa shape index (κ2) is 10.1. The highest BCUT2D eigenvalue weighted by Gasteiger charge is 2.17. The minimum absolute atomic E-state index is 0.0625. The first-order valence-electron chi connectivity index (χ1n) is 8.50. The number of carbonyl (C=O) groups is 2. The highest BCUT2D eigenvalue weighted by Crippen LogP contribution is 2.28. The molecule has 0 bridgehead atoms.